The Morgan fingerprint density at radius 1 is 1.17 bits per heavy atom. The number of β-amino-alcohol motifs (C(OH)–C–C–N with tert-alkyl or cyclic N) is 1. The summed E-state index contributed by atoms with van der Waals surface area (Å²) in [4.78, 5) is 16.6. The molecule has 124 valence electrons. The number of nitrogens with zero attached hydrogens (tertiary/aromatic N) is 4. The van der Waals surface area contributed by atoms with Gasteiger partial charge in [0.25, 0.3) is 0 Å². The van der Waals surface area contributed by atoms with Gasteiger partial charge in [-0.2, -0.15) is 0 Å². The van der Waals surface area contributed by atoms with Crippen molar-refractivity contribution in [2.45, 2.75) is 38.7 Å². The van der Waals surface area contributed by atoms with E-state index >= 15 is 0 Å². The van der Waals surface area contributed by atoms with Crippen molar-refractivity contribution in [2.24, 2.45) is 0 Å². The van der Waals surface area contributed by atoms with Crippen molar-refractivity contribution in [3.8, 4) is 0 Å². The normalized spacial score (nSPS) is 20.7. The minimum Gasteiger partial charge on any atom is -0.392 e. The molecule has 2 aromatic rings. The van der Waals surface area contributed by atoms with Crippen molar-refractivity contribution in [3.63, 3.8) is 0 Å². The third kappa shape index (κ3) is 2.95. The smallest absolute Gasteiger partial charge is 0.141 e. The molecule has 0 bridgehead atoms. The van der Waals surface area contributed by atoms with Crippen LogP contribution in [-0.4, -0.2) is 58.8 Å². The third-order valence-corrected chi connectivity index (χ3v) is 6.13. The summed E-state index contributed by atoms with van der Waals surface area (Å²) in [5.41, 5.74) is 1.51. The topological polar surface area (TPSA) is 52.5 Å². The first-order valence-electron chi connectivity index (χ1n) is 8.63. The van der Waals surface area contributed by atoms with Crippen LogP contribution in [0.15, 0.2) is 6.33 Å². The molecule has 1 fully saturated rings. The van der Waals surface area contributed by atoms with E-state index in [1.54, 1.807) is 6.33 Å². The Morgan fingerprint density at radius 3 is 2.74 bits per heavy atom. The highest BCUT2D eigenvalue weighted by Gasteiger charge is 2.25. The Morgan fingerprint density at radius 2 is 1.96 bits per heavy atom. The molecule has 6 heteroatoms. The predicted octanol–water partition coefficient (Wildman–Crippen LogP) is 2.07. The standard InChI is InChI=1S/C17H24N4OS/c1-12(22)10-20-6-8-21(9-7-20)16-15-13-4-2-3-5-14(13)23-17(15)19-11-18-16/h11-12,22H,2-10H2,1H3. The quantitative estimate of drug-likeness (QED) is 0.932. The number of aromatic nitrogens is 2. The van der Waals surface area contributed by atoms with E-state index in [0.29, 0.717) is 0 Å². The first-order chi connectivity index (χ1) is 11.2. The molecule has 2 aromatic heterocycles. The maximum atomic E-state index is 9.56. The van der Waals surface area contributed by atoms with E-state index in [-0.39, 0.29) is 6.10 Å². The van der Waals surface area contributed by atoms with Crippen molar-refractivity contribution in [3.05, 3.63) is 16.8 Å². The number of anilines is 1. The largest absolute Gasteiger partial charge is 0.392 e. The lowest BCUT2D eigenvalue weighted by Gasteiger charge is -2.36. The van der Waals surface area contributed by atoms with Crippen molar-refractivity contribution in [1.82, 2.24) is 14.9 Å². The van der Waals surface area contributed by atoms with Gasteiger partial charge < -0.3 is 10.0 Å². The van der Waals surface area contributed by atoms with Crippen LogP contribution in [-0.2, 0) is 12.8 Å². The first kappa shape index (κ1) is 15.3. The average Bonchev–Trinajstić information content (AvgIpc) is 2.93. The molecule has 1 atom stereocenters. The molecule has 1 unspecified atom stereocenters. The van der Waals surface area contributed by atoms with Crippen LogP contribution in [0.5, 0.6) is 0 Å². The first-order valence-corrected chi connectivity index (χ1v) is 9.44. The van der Waals surface area contributed by atoms with Gasteiger partial charge in [-0.25, -0.2) is 9.97 Å². The molecule has 1 saturated heterocycles. The average molecular weight is 332 g/mol. The zero-order chi connectivity index (χ0) is 15.8. The van der Waals surface area contributed by atoms with Gasteiger partial charge in [0, 0.05) is 37.6 Å². The predicted molar refractivity (Wildman–Crippen MR) is 94.4 cm³/mol. The van der Waals surface area contributed by atoms with Crippen molar-refractivity contribution >= 4 is 27.4 Å². The molecular formula is C17H24N4OS. The fourth-order valence-corrected chi connectivity index (χ4v) is 5.05. The summed E-state index contributed by atoms with van der Waals surface area (Å²) in [6.07, 6.45) is 6.45. The fraction of sp³-hybridized carbons (Fsp3) is 0.647. The molecule has 5 nitrogen and oxygen atoms in total. The molecule has 4 rings (SSSR count). The van der Waals surface area contributed by atoms with Crippen LogP contribution in [0.1, 0.15) is 30.2 Å². The third-order valence-electron chi connectivity index (χ3n) is 4.93. The number of aliphatic hydroxyl groups is 1. The van der Waals surface area contributed by atoms with E-state index < -0.39 is 0 Å². The lowest BCUT2D eigenvalue weighted by Crippen LogP contribution is -2.48. The number of piperazine rings is 1. The number of rotatable bonds is 3. The minimum atomic E-state index is -0.254. The Balaban J connectivity index is 1.61. The van der Waals surface area contributed by atoms with Crippen LogP contribution in [0.2, 0.25) is 0 Å². The summed E-state index contributed by atoms with van der Waals surface area (Å²) in [5.74, 6) is 1.13. The van der Waals surface area contributed by atoms with Crippen LogP contribution < -0.4 is 4.90 Å². The molecule has 1 aliphatic heterocycles. The van der Waals surface area contributed by atoms with Crippen LogP contribution in [0, 0.1) is 0 Å². The Kier molecular flexibility index (Phi) is 4.22. The highest BCUT2D eigenvalue weighted by Crippen LogP contribution is 2.39. The van der Waals surface area contributed by atoms with Gasteiger partial charge in [-0.05, 0) is 38.2 Å². The SMILES string of the molecule is CC(O)CN1CCN(c2ncnc3sc4c(c23)CCCC4)CC1. The summed E-state index contributed by atoms with van der Waals surface area (Å²) < 4.78 is 0. The van der Waals surface area contributed by atoms with Gasteiger partial charge in [-0.15, -0.1) is 11.3 Å². The fourth-order valence-electron chi connectivity index (χ4n) is 3.83. The second kappa shape index (κ2) is 6.34. The molecule has 3 heterocycles. The molecule has 2 aliphatic rings. The number of hydrogen-bond donors (Lipinski definition) is 1. The zero-order valence-electron chi connectivity index (χ0n) is 13.7. The second-order valence-corrected chi connectivity index (χ2v) is 7.81. The molecule has 0 saturated carbocycles. The number of hydrogen-bond acceptors (Lipinski definition) is 6. The second-order valence-electron chi connectivity index (χ2n) is 6.73. The van der Waals surface area contributed by atoms with Crippen molar-refractivity contribution in [2.75, 3.05) is 37.6 Å². The molecule has 0 radical (unpaired) electrons. The number of fused-ring (bicyclic) bond motifs is 3. The van der Waals surface area contributed by atoms with E-state index in [0.717, 1.165) is 43.4 Å². The van der Waals surface area contributed by atoms with Gasteiger partial charge in [-0.1, -0.05) is 0 Å². The summed E-state index contributed by atoms with van der Waals surface area (Å²) in [6, 6.07) is 0. The van der Waals surface area contributed by atoms with Gasteiger partial charge in [0.1, 0.15) is 17.0 Å². The number of thiophene rings is 1. The molecule has 0 amide bonds. The van der Waals surface area contributed by atoms with Crippen molar-refractivity contribution in [1.29, 1.82) is 0 Å². The molecule has 1 N–H and O–H groups in total. The van der Waals surface area contributed by atoms with Gasteiger partial charge in [0.2, 0.25) is 0 Å². The molecule has 1 aliphatic carbocycles. The van der Waals surface area contributed by atoms with E-state index in [4.69, 9.17) is 0 Å². The van der Waals surface area contributed by atoms with Crippen LogP contribution in [0.3, 0.4) is 0 Å². The lowest BCUT2D eigenvalue weighted by molar-refractivity contribution is 0.122. The lowest BCUT2D eigenvalue weighted by atomic mass is 9.97. The summed E-state index contributed by atoms with van der Waals surface area (Å²) in [5, 5.41) is 10.9. The molecule has 0 aromatic carbocycles. The van der Waals surface area contributed by atoms with Gasteiger partial charge in [0.15, 0.2) is 0 Å². The van der Waals surface area contributed by atoms with Gasteiger partial charge in [-0.3, -0.25) is 4.90 Å². The van der Waals surface area contributed by atoms with Crippen LogP contribution >= 0.6 is 11.3 Å². The van der Waals surface area contributed by atoms with Crippen molar-refractivity contribution < 1.29 is 5.11 Å². The highest BCUT2D eigenvalue weighted by atomic mass is 32.1. The van der Waals surface area contributed by atoms with E-state index in [9.17, 15) is 5.11 Å². The Labute approximate surface area is 141 Å². The highest BCUT2D eigenvalue weighted by molar-refractivity contribution is 7.19. The minimum absolute atomic E-state index is 0.254. The summed E-state index contributed by atoms with van der Waals surface area (Å²) in [7, 11) is 0. The van der Waals surface area contributed by atoms with E-state index in [1.165, 1.54) is 41.5 Å². The van der Waals surface area contributed by atoms with E-state index in [2.05, 4.69) is 19.8 Å². The maximum absolute atomic E-state index is 9.56. The number of aliphatic hydroxyl groups excluding tert-OH is 1. The molecule has 23 heavy (non-hydrogen) atoms. The molecular weight excluding hydrogens is 308 g/mol. The summed E-state index contributed by atoms with van der Waals surface area (Å²) >= 11 is 1.87. The van der Waals surface area contributed by atoms with Crippen LogP contribution in [0.25, 0.3) is 10.2 Å². The molecule has 0 spiro atoms. The number of aryl methyl sites for hydroxylation is 2. The maximum Gasteiger partial charge on any atom is 0.141 e. The Bertz CT molecular complexity index is 691. The van der Waals surface area contributed by atoms with Gasteiger partial charge >= 0.3 is 0 Å². The Hall–Kier alpha value is -1.24. The van der Waals surface area contributed by atoms with E-state index in [1.807, 2.05) is 18.3 Å². The van der Waals surface area contributed by atoms with Gasteiger partial charge in [0.05, 0.1) is 11.5 Å². The monoisotopic (exact) mass is 332 g/mol. The van der Waals surface area contributed by atoms with Crippen LogP contribution in [0.4, 0.5) is 5.82 Å². The zero-order valence-corrected chi connectivity index (χ0v) is 14.5. The summed E-state index contributed by atoms with van der Waals surface area (Å²) in [6.45, 7) is 6.55.